The summed E-state index contributed by atoms with van der Waals surface area (Å²) in [5.41, 5.74) is 0.519. The van der Waals surface area contributed by atoms with Crippen molar-refractivity contribution in [2.45, 2.75) is 20.0 Å². The Morgan fingerprint density at radius 1 is 1.12 bits per heavy atom. The molecule has 10 heteroatoms. The average Bonchev–Trinajstić information content (AvgIpc) is 3.26. The van der Waals surface area contributed by atoms with Crippen LogP contribution in [-0.2, 0) is 6.18 Å². The van der Waals surface area contributed by atoms with Crippen molar-refractivity contribution < 1.29 is 18.0 Å². The van der Waals surface area contributed by atoms with Gasteiger partial charge in [0, 0.05) is 41.7 Å². The number of rotatable bonds is 7. The van der Waals surface area contributed by atoms with Gasteiger partial charge in [0.1, 0.15) is 0 Å². The highest BCUT2D eigenvalue weighted by Gasteiger charge is 2.30. The number of nitrogens with one attached hydrogen (secondary N) is 2. The SMILES string of the molecule is C=C(/C=C(Nc1nccn1-c1ncccn1)\C(C)=C/C)NC(=O)c1cccc(C(F)(F)F)c1. The molecule has 170 valence electrons. The predicted octanol–water partition coefficient (Wildman–Crippen LogP) is 4.89. The van der Waals surface area contributed by atoms with E-state index in [1.54, 1.807) is 41.5 Å². The molecule has 0 saturated carbocycles. The van der Waals surface area contributed by atoms with E-state index in [0.29, 0.717) is 17.6 Å². The van der Waals surface area contributed by atoms with Crippen molar-refractivity contribution in [2.24, 2.45) is 0 Å². The van der Waals surface area contributed by atoms with Crippen LogP contribution in [0.4, 0.5) is 19.1 Å². The summed E-state index contributed by atoms with van der Waals surface area (Å²) < 4.78 is 40.5. The van der Waals surface area contributed by atoms with Crippen molar-refractivity contribution in [1.29, 1.82) is 0 Å². The number of carbonyl (C=O) groups is 1. The standard InChI is InChI=1S/C23H21F3N6O/c1-4-15(2)19(31-22-29-11-12-32(22)21-27-9-6-10-28-21)13-16(3)30-20(33)17-7-5-8-18(14-17)23(24,25)26/h4-14H,3H2,1-2H3,(H,29,31)(H,30,33)/b15-4-,19-13+. The van der Waals surface area contributed by atoms with Gasteiger partial charge in [-0.3, -0.25) is 9.36 Å². The lowest BCUT2D eigenvalue weighted by molar-refractivity contribution is -0.137. The Morgan fingerprint density at radius 3 is 2.52 bits per heavy atom. The summed E-state index contributed by atoms with van der Waals surface area (Å²) in [6, 6.07) is 5.87. The number of hydrogen-bond acceptors (Lipinski definition) is 5. The van der Waals surface area contributed by atoms with Gasteiger partial charge in [0.15, 0.2) is 0 Å². The summed E-state index contributed by atoms with van der Waals surface area (Å²) in [6.07, 6.45) is 5.32. The normalized spacial score (nSPS) is 12.4. The fourth-order valence-corrected chi connectivity index (χ4v) is 2.76. The minimum Gasteiger partial charge on any atom is -0.325 e. The maximum absolute atomic E-state index is 12.9. The molecule has 0 radical (unpaired) electrons. The van der Waals surface area contributed by atoms with Crippen molar-refractivity contribution in [2.75, 3.05) is 5.32 Å². The Balaban J connectivity index is 1.81. The summed E-state index contributed by atoms with van der Waals surface area (Å²) in [5, 5.41) is 5.67. The monoisotopic (exact) mass is 454 g/mol. The number of halogens is 3. The van der Waals surface area contributed by atoms with Crippen LogP contribution in [0.5, 0.6) is 0 Å². The van der Waals surface area contributed by atoms with Crippen LogP contribution in [0.15, 0.2) is 90.8 Å². The molecule has 1 amide bonds. The lowest BCUT2D eigenvalue weighted by Gasteiger charge is -2.14. The molecule has 0 bridgehead atoms. The van der Waals surface area contributed by atoms with Gasteiger partial charge in [-0.1, -0.05) is 18.7 Å². The Labute approximate surface area is 188 Å². The second-order valence-electron chi connectivity index (χ2n) is 6.88. The zero-order valence-electron chi connectivity index (χ0n) is 17.9. The zero-order chi connectivity index (χ0) is 24.0. The predicted molar refractivity (Wildman–Crippen MR) is 118 cm³/mol. The van der Waals surface area contributed by atoms with Crippen LogP contribution in [0.3, 0.4) is 0 Å². The fraction of sp³-hybridized carbons (Fsp3) is 0.130. The van der Waals surface area contributed by atoms with Gasteiger partial charge in [0.2, 0.25) is 11.9 Å². The molecule has 2 aromatic heterocycles. The smallest absolute Gasteiger partial charge is 0.325 e. The highest BCUT2D eigenvalue weighted by Crippen LogP contribution is 2.29. The van der Waals surface area contributed by atoms with Crippen LogP contribution in [0, 0.1) is 0 Å². The molecule has 1 aromatic carbocycles. The van der Waals surface area contributed by atoms with E-state index in [-0.39, 0.29) is 11.3 Å². The van der Waals surface area contributed by atoms with Gasteiger partial charge >= 0.3 is 6.18 Å². The first-order valence-corrected chi connectivity index (χ1v) is 9.79. The summed E-state index contributed by atoms with van der Waals surface area (Å²) in [5.74, 6) is 0.122. The van der Waals surface area contributed by atoms with Gasteiger partial charge in [-0.05, 0) is 49.8 Å². The first-order chi connectivity index (χ1) is 15.7. The molecule has 3 rings (SSSR count). The number of alkyl halides is 3. The van der Waals surface area contributed by atoms with Crippen LogP contribution in [0.2, 0.25) is 0 Å². The van der Waals surface area contributed by atoms with Crippen LogP contribution in [0.1, 0.15) is 29.8 Å². The Bertz CT molecular complexity index is 1210. The molecule has 7 nitrogen and oxygen atoms in total. The Kier molecular flexibility index (Phi) is 7.07. The molecule has 0 aliphatic rings. The van der Waals surface area contributed by atoms with E-state index >= 15 is 0 Å². The number of carbonyl (C=O) groups excluding carboxylic acids is 1. The maximum atomic E-state index is 12.9. The van der Waals surface area contributed by atoms with Crippen LogP contribution in [-0.4, -0.2) is 25.4 Å². The molecule has 2 N–H and O–H groups in total. The number of anilines is 1. The van der Waals surface area contributed by atoms with E-state index in [1.807, 2.05) is 19.9 Å². The number of benzene rings is 1. The van der Waals surface area contributed by atoms with Gasteiger partial charge in [0.05, 0.1) is 5.56 Å². The molecule has 2 heterocycles. The largest absolute Gasteiger partial charge is 0.416 e. The second-order valence-corrected chi connectivity index (χ2v) is 6.88. The van der Waals surface area contributed by atoms with Gasteiger partial charge < -0.3 is 10.6 Å². The Morgan fingerprint density at radius 2 is 1.85 bits per heavy atom. The van der Waals surface area contributed by atoms with Crippen molar-refractivity contribution in [1.82, 2.24) is 24.8 Å². The van der Waals surface area contributed by atoms with Crippen LogP contribution < -0.4 is 10.6 Å². The van der Waals surface area contributed by atoms with Crippen molar-refractivity contribution >= 4 is 11.9 Å². The minimum atomic E-state index is -4.54. The lowest BCUT2D eigenvalue weighted by Crippen LogP contribution is -2.22. The van der Waals surface area contributed by atoms with Crippen LogP contribution in [0.25, 0.3) is 5.95 Å². The lowest BCUT2D eigenvalue weighted by atomic mass is 10.1. The third-order valence-electron chi connectivity index (χ3n) is 4.56. The number of aromatic nitrogens is 4. The topological polar surface area (TPSA) is 84.7 Å². The van der Waals surface area contributed by atoms with Gasteiger partial charge in [0.25, 0.3) is 5.91 Å². The summed E-state index contributed by atoms with van der Waals surface area (Å²) in [4.78, 5) is 25.1. The molecular formula is C23H21F3N6O. The Hall–Kier alpha value is -4.21. The molecule has 0 spiro atoms. The number of nitrogens with zero attached hydrogens (tertiary/aromatic N) is 4. The minimum absolute atomic E-state index is 0.131. The first-order valence-electron chi connectivity index (χ1n) is 9.79. The zero-order valence-corrected chi connectivity index (χ0v) is 17.9. The summed E-state index contributed by atoms with van der Waals surface area (Å²) in [7, 11) is 0. The van der Waals surface area contributed by atoms with E-state index in [9.17, 15) is 18.0 Å². The molecule has 3 aromatic rings. The van der Waals surface area contributed by atoms with E-state index in [0.717, 1.165) is 17.7 Å². The first kappa shape index (κ1) is 23.5. The molecule has 0 atom stereocenters. The molecule has 0 aliphatic carbocycles. The molecular weight excluding hydrogens is 433 g/mol. The van der Waals surface area contributed by atoms with Gasteiger partial charge in [-0.15, -0.1) is 0 Å². The summed E-state index contributed by atoms with van der Waals surface area (Å²) in [6.45, 7) is 7.48. The van der Waals surface area contributed by atoms with Crippen molar-refractivity contribution in [3.8, 4) is 5.95 Å². The third-order valence-corrected chi connectivity index (χ3v) is 4.56. The van der Waals surface area contributed by atoms with E-state index in [2.05, 4.69) is 32.2 Å². The number of hydrogen-bond donors (Lipinski definition) is 2. The highest BCUT2D eigenvalue weighted by atomic mass is 19.4. The fourth-order valence-electron chi connectivity index (χ4n) is 2.76. The average molecular weight is 454 g/mol. The molecule has 0 aliphatic heterocycles. The number of amides is 1. The van der Waals surface area contributed by atoms with E-state index in [1.165, 1.54) is 12.1 Å². The van der Waals surface area contributed by atoms with E-state index in [4.69, 9.17) is 0 Å². The molecule has 0 saturated heterocycles. The maximum Gasteiger partial charge on any atom is 0.416 e. The molecule has 0 unspecified atom stereocenters. The molecule has 33 heavy (non-hydrogen) atoms. The van der Waals surface area contributed by atoms with Gasteiger partial charge in [-0.2, -0.15) is 13.2 Å². The third kappa shape index (κ3) is 5.94. The number of allylic oxidation sites excluding steroid dienone is 3. The van der Waals surface area contributed by atoms with E-state index < -0.39 is 17.6 Å². The highest BCUT2D eigenvalue weighted by molar-refractivity contribution is 5.95. The molecule has 0 fully saturated rings. The number of imidazole rings is 1. The van der Waals surface area contributed by atoms with Gasteiger partial charge in [-0.25, -0.2) is 15.0 Å². The van der Waals surface area contributed by atoms with Crippen LogP contribution >= 0.6 is 0 Å². The van der Waals surface area contributed by atoms with Crippen molar-refractivity contribution in [3.63, 3.8) is 0 Å². The van der Waals surface area contributed by atoms with Crippen molar-refractivity contribution in [3.05, 3.63) is 102 Å². The summed E-state index contributed by atoms with van der Waals surface area (Å²) >= 11 is 0. The quantitative estimate of drug-likeness (QED) is 0.497. The second kappa shape index (κ2) is 9.94.